The quantitative estimate of drug-likeness (QED) is 0.660. The molecule has 0 amide bonds. The first-order valence-electron chi connectivity index (χ1n) is 6.71. The second-order valence-electron chi connectivity index (χ2n) is 4.97. The first-order chi connectivity index (χ1) is 10.5. The van der Waals surface area contributed by atoms with Crippen LogP contribution in [0.3, 0.4) is 0 Å². The first-order valence-corrected chi connectivity index (χ1v) is 6.71. The van der Waals surface area contributed by atoms with Crippen molar-refractivity contribution in [3.05, 3.63) is 41.6 Å². The monoisotopic (exact) mass is 300 g/mol. The van der Waals surface area contributed by atoms with Crippen molar-refractivity contribution < 1.29 is 19.1 Å². The Morgan fingerprint density at radius 2 is 1.86 bits per heavy atom. The van der Waals surface area contributed by atoms with Gasteiger partial charge in [-0.1, -0.05) is 12.1 Å². The summed E-state index contributed by atoms with van der Waals surface area (Å²) in [7, 11) is 2.45. The fourth-order valence-corrected chi connectivity index (χ4v) is 2.05. The molecule has 22 heavy (non-hydrogen) atoms. The smallest absolute Gasteiger partial charge is 0.354 e. The summed E-state index contributed by atoms with van der Waals surface area (Å²) in [6.45, 7) is 0. The summed E-state index contributed by atoms with van der Waals surface area (Å²) >= 11 is 0. The van der Waals surface area contributed by atoms with Crippen molar-refractivity contribution in [1.82, 2.24) is 0 Å². The molecule has 1 fully saturated rings. The topological polar surface area (TPSA) is 88.4 Å². The molecule has 0 bridgehead atoms. The van der Waals surface area contributed by atoms with E-state index in [0.29, 0.717) is 5.69 Å². The summed E-state index contributed by atoms with van der Waals surface area (Å²) in [6.07, 6.45) is 2.76. The Labute approximate surface area is 128 Å². The SMILES string of the molecule is COC(=O)/C=C(/Nc1ccc(C2(C#N)CC2)cc1)C(=O)OC. The van der Waals surface area contributed by atoms with Crippen LogP contribution in [0.5, 0.6) is 0 Å². The third kappa shape index (κ3) is 3.26. The number of nitriles is 1. The number of carbonyl (C=O) groups excluding carboxylic acids is 2. The average Bonchev–Trinajstić information content (AvgIpc) is 3.35. The van der Waals surface area contributed by atoms with Crippen molar-refractivity contribution in [3.8, 4) is 6.07 Å². The van der Waals surface area contributed by atoms with Crippen LogP contribution in [0.1, 0.15) is 18.4 Å². The van der Waals surface area contributed by atoms with E-state index in [2.05, 4.69) is 20.9 Å². The standard InChI is InChI=1S/C16H16N2O4/c1-21-14(19)9-13(15(20)22-2)18-12-5-3-11(4-6-12)16(10-17)7-8-16/h3-6,9,18H,7-8H2,1-2H3/b13-9+. The molecule has 6 nitrogen and oxygen atoms in total. The van der Waals surface area contributed by atoms with E-state index in [4.69, 9.17) is 5.26 Å². The maximum absolute atomic E-state index is 11.6. The van der Waals surface area contributed by atoms with Crippen LogP contribution in [0.2, 0.25) is 0 Å². The van der Waals surface area contributed by atoms with Crippen LogP contribution in [0.4, 0.5) is 5.69 Å². The van der Waals surface area contributed by atoms with E-state index in [9.17, 15) is 9.59 Å². The van der Waals surface area contributed by atoms with Gasteiger partial charge in [0.25, 0.3) is 0 Å². The number of benzene rings is 1. The van der Waals surface area contributed by atoms with Gasteiger partial charge in [-0.25, -0.2) is 9.59 Å². The molecular formula is C16H16N2O4. The highest BCUT2D eigenvalue weighted by molar-refractivity contribution is 5.98. The van der Waals surface area contributed by atoms with Crippen LogP contribution in [-0.4, -0.2) is 26.2 Å². The Bertz CT molecular complexity index is 652. The minimum absolute atomic E-state index is 0.0245. The molecular weight excluding hydrogens is 284 g/mol. The minimum atomic E-state index is -0.676. The summed E-state index contributed by atoms with van der Waals surface area (Å²) in [6, 6.07) is 9.50. The fourth-order valence-electron chi connectivity index (χ4n) is 2.05. The number of methoxy groups -OCH3 is 2. The van der Waals surface area contributed by atoms with Crippen molar-refractivity contribution in [2.75, 3.05) is 19.5 Å². The zero-order chi connectivity index (χ0) is 16.2. The van der Waals surface area contributed by atoms with Crippen molar-refractivity contribution in [2.45, 2.75) is 18.3 Å². The van der Waals surface area contributed by atoms with Crippen molar-refractivity contribution in [1.29, 1.82) is 5.26 Å². The summed E-state index contributed by atoms with van der Waals surface area (Å²) in [5, 5.41) is 12.0. The third-order valence-electron chi connectivity index (χ3n) is 3.55. The maximum Gasteiger partial charge on any atom is 0.354 e. The molecule has 0 unspecified atom stereocenters. The highest BCUT2D eigenvalue weighted by Gasteiger charge is 2.44. The Hall–Kier alpha value is -2.81. The van der Waals surface area contributed by atoms with Crippen molar-refractivity contribution in [2.24, 2.45) is 0 Å². The van der Waals surface area contributed by atoms with Crippen LogP contribution in [0.15, 0.2) is 36.0 Å². The highest BCUT2D eigenvalue weighted by Crippen LogP contribution is 2.47. The Morgan fingerprint density at radius 3 is 2.32 bits per heavy atom. The molecule has 1 aliphatic carbocycles. The molecule has 2 rings (SSSR count). The van der Waals surface area contributed by atoms with Gasteiger partial charge in [0, 0.05) is 5.69 Å². The Morgan fingerprint density at radius 1 is 1.23 bits per heavy atom. The van der Waals surface area contributed by atoms with Crippen LogP contribution in [0.25, 0.3) is 0 Å². The third-order valence-corrected chi connectivity index (χ3v) is 3.55. The highest BCUT2D eigenvalue weighted by atomic mass is 16.5. The van der Waals surface area contributed by atoms with Gasteiger partial charge in [0.15, 0.2) is 0 Å². The van der Waals surface area contributed by atoms with Gasteiger partial charge in [0.1, 0.15) is 5.70 Å². The van der Waals surface area contributed by atoms with Gasteiger partial charge in [-0.15, -0.1) is 0 Å². The molecule has 0 spiro atoms. The summed E-state index contributed by atoms with van der Waals surface area (Å²) < 4.78 is 9.12. The van der Waals surface area contributed by atoms with Gasteiger partial charge in [0.05, 0.1) is 31.8 Å². The van der Waals surface area contributed by atoms with Gasteiger partial charge >= 0.3 is 11.9 Å². The van der Waals surface area contributed by atoms with E-state index in [1.165, 1.54) is 14.2 Å². The molecule has 1 N–H and O–H groups in total. The van der Waals surface area contributed by atoms with Crippen LogP contribution in [-0.2, 0) is 24.5 Å². The molecule has 1 aromatic carbocycles. The number of hydrogen-bond acceptors (Lipinski definition) is 6. The van der Waals surface area contributed by atoms with Crippen molar-refractivity contribution in [3.63, 3.8) is 0 Å². The van der Waals surface area contributed by atoms with E-state index >= 15 is 0 Å². The number of nitrogens with zero attached hydrogens (tertiary/aromatic N) is 1. The molecule has 1 saturated carbocycles. The van der Waals surface area contributed by atoms with Crippen LogP contribution >= 0.6 is 0 Å². The van der Waals surface area contributed by atoms with Gasteiger partial charge < -0.3 is 14.8 Å². The number of nitrogens with one attached hydrogen (secondary N) is 1. The number of hydrogen-bond donors (Lipinski definition) is 1. The lowest BCUT2D eigenvalue weighted by Crippen LogP contribution is -2.15. The second-order valence-corrected chi connectivity index (χ2v) is 4.97. The molecule has 6 heteroatoms. The summed E-state index contributed by atoms with van der Waals surface area (Å²) in [4.78, 5) is 22.9. The van der Waals surface area contributed by atoms with E-state index in [1.54, 1.807) is 12.1 Å². The maximum atomic E-state index is 11.6. The number of ether oxygens (including phenoxy) is 2. The number of esters is 2. The molecule has 1 aliphatic rings. The number of rotatable bonds is 5. The van der Waals surface area contributed by atoms with Crippen LogP contribution in [0, 0.1) is 11.3 Å². The van der Waals surface area contributed by atoms with Gasteiger partial charge in [-0.2, -0.15) is 5.26 Å². The summed E-state index contributed by atoms with van der Waals surface area (Å²) in [5.74, 6) is -1.34. The molecule has 0 saturated heterocycles. The summed E-state index contributed by atoms with van der Waals surface area (Å²) in [5.41, 5.74) is 1.18. The van der Waals surface area contributed by atoms with Gasteiger partial charge in [-0.05, 0) is 30.5 Å². The Balaban J connectivity index is 2.17. The number of anilines is 1. The Kier molecular flexibility index (Phi) is 4.47. The molecule has 0 aliphatic heterocycles. The van der Waals surface area contributed by atoms with E-state index in [1.807, 2.05) is 12.1 Å². The lowest BCUT2D eigenvalue weighted by Gasteiger charge is -2.11. The molecule has 0 heterocycles. The van der Waals surface area contributed by atoms with E-state index in [-0.39, 0.29) is 11.1 Å². The largest absolute Gasteiger partial charge is 0.466 e. The lowest BCUT2D eigenvalue weighted by molar-refractivity contribution is -0.138. The molecule has 0 atom stereocenters. The van der Waals surface area contributed by atoms with Gasteiger partial charge in [-0.3, -0.25) is 0 Å². The first kappa shape index (κ1) is 15.6. The molecule has 0 aromatic heterocycles. The van der Waals surface area contributed by atoms with Crippen molar-refractivity contribution >= 4 is 17.6 Å². The lowest BCUT2D eigenvalue weighted by atomic mass is 9.98. The molecule has 1 aromatic rings. The fraction of sp³-hybridized carbons (Fsp3) is 0.312. The minimum Gasteiger partial charge on any atom is -0.466 e. The molecule has 0 radical (unpaired) electrons. The zero-order valence-electron chi connectivity index (χ0n) is 12.4. The average molecular weight is 300 g/mol. The predicted octanol–water partition coefficient (Wildman–Crippen LogP) is 1.88. The van der Waals surface area contributed by atoms with Crippen LogP contribution < -0.4 is 5.32 Å². The zero-order valence-corrected chi connectivity index (χ0v) is 12.4. The van der Waals surface area contributed by atoms with Gasteiger partial charge in [0.2, 0.25) is 0 Å². The van der Waals surface area contributed by atoms with E-state index in [0.717, 1.165) is 24.5 Å². The number of carbonyl (C=O) groups is 2. The predicted molar refractivity (Wildman–Crippen MR) is 78.7 cm³/mol. The normalized spacial score (nSPS) is 15.4. The molecule has 114 valence electrons. The van der Waals surface area contributed by atoms with E-state index < -0.39 is 11.9 Å². The second kappa shape index (κ2) is 6.31.